The molecule has 5 heteroatoms. The number of nitrogens with zero attached hydrogens (tertiary/aromatic N) is 2. The number of benzene rings is 1. The van der Waals surface area contributed by atoms with Crippen molar-refractivity contribution in [1.82, 2.24) is 10.3 Å². The second-order valence-electron chi connectivity index (χ2n) is 4.77. The van der Waals surface area contributed by atoms with E-state index in [2.05, 4.69) is 10.3 Å². The number of aromatic nitrogens is 1. The molecule has 0 bridgehead atoms. The molecule has 0 saturated carbocycles. The minimum absolute atomic E-state index is 0.00738. The van der Waals surface area contributed by atoms with E-state index in [4.69, 9.17) is 5.73 Å². The second kappa shape index (κ2) is 5.30. The topological polar surface area (TPSA) is 71.2 Å². The molecule has 1 aromatic heterocycles. The number of carbonyl (C=O) groups is 1. The number of nitrogens with one attached hydrogen (secondary N) is 1. The van der Waals surface area contributed by atoms with Gasteiger partial charge >= 0.3 is 6.03 Å². The van der Waals surface area contributed by atoms with E-state index in [9.17, 15) is 4.79 Å². The average Bonchev–Trinajstić information content (AvgIpc) is 2.90. The van der Waals surface area contributed by atoms with Crippen molar-refractivity contribution in [2.45, 2.75) is 12.6 Å². The number of anilines is 1. The number of carbonyl (C=O) groups excluding carboxylic acids is 1. The van der Waals surface area contributed by atoms with Crippen LogP contribution < -0.4 is 16.0 Å². The Labute approximate surface area is 117 Å². The van der Waals surface area contributed by atoms with Gasteiger partial charge in [-0.1, -0.05) is 12.1 Å². The van der Waals surface area contributed by atoms with E-state index in [0.717, 1.165) is 16.8 Å². The molecule has 3 N–H and O–H groups in total. The number of amides is 2. The van der Waals surface area contributed by atoms with Gasteiger partial charge in [0.1, 0.15) is 0 Å². The van der Waals surface area contributed by atoms with E-state index >= 15 is 0 Å². The summed E-state index contributed by atoms with van der Waals surface area (Å²) in [6, 6.07) is 11.5. The Morgan fingerprint density at radius 3 is 2.85 bits per heavy atom. The summed E-state index contributed by atoms with van der Waals surface area (Å²) in [4.78, 5) is 17.9. The zero-order chi connectivity index (χ0) is 13.9. The van der Waals surface area contributed by atoms with Gasteiger partial charge in [-0.25, -0.2) is 4.79 Å². The van der Waals surface area contributed by atoms with Crippen LogP contribution >= 0.6 is 0 Å². The van der Waals surface area contributed by atoms with E-state index in [1.54, 1.807) is 17.3 Å². The summed E-state index contributed by atoms with van der Waals surface area (Å²) >= 11 is 0. The minimum Gasteiger partial charge on any atom is -0.329 e. The van der Waals surface area contributed by atoms with Crippen LogP contribution in [0, 0.1) is 0 Å². The first-order chi connectivity index (χ1) is 9.78. The number of pyridine rings is 1. The molecule has 0 aliphatic carbocycles. The monoisotopic (exact) mass is 268 g/mol. The highest BCUT2D eigenvalue weighted by Crippen LogP contribution is 2.25. The van der Waals surface area contributed by atoms with Gasteiger partial charge in [0.25, 0.3) is 0 Å². The number of hydrogen-bond acceptors (Lipinski definition) is 3. The third-order valence-electron chi connectivity index (χ3n) is 3.47. The highest BCUT2D eigenvalue weighted by molar-refractivity contribution is 5.94. The van der Waals surface area contributed by atoms with Crippen LogP contribution in [-0.2, 0) is 6.54 Å². The van der Waals surface area contributed by atoms with Crippen molar-refractivity contribution in [2.24, 2.45) is 5.73 Å². The first kappa shape index (κ1) is 12.6. The smallest absolute Gasteiger partial charge is 0.322 e. The third kappa shape index (κ3) is 2.35. The lowest BCUT2D eigenvalue weighted by Crippen LogP contribution is -2.27. The number of hydrogen-bond donors (Lipinski definition) is 2. The lowest BCUT2D eigenvalue weighted by Gasteiger charge is -2.15. The van der Waals surface area contributed by atoms with Gasteiger partial charge in [-0.2, -0.15) is 0 Å². The highest BCUT2D eigenvalue weighted by atomic mass is 16.2. The van der Waals surface area contributed by atoms with Crippen molar-refractivity contribution in [3.8, 4) is 0 Å². The molecule has 2 heterocycles. The lowest BCUT2D eigenvalue weighted by molar-refractivity contribution is 0.251. The zero-order valence-corrected chi connectivity index (χ0v) is 11.0. The molecule has 0 spiro atoms. The zero-order valence-electron chi connectivity index (χ0n) is 11.0. The van der Waals surface area contributed by atoms with Crippen molar-refractivity contribution >= 4 is 11.7 Å². The standard InChI is InChI=1S/C15H16N4O/c16-9-11-2-1-3-13(8-11)19-10-14(18-15(19)20)12-4-6-17-7-5-12/h1-8,14H,9-10,16H2,(H,18,20). The van der Waals surface area contributed by atoms with E-state index in [-0.39, 0.29) is 12.1 Å². The number of nitrogens with two attached hydrogens (primary N) is 1. The summed E-state index contributed by atoms with van der Waals surface area (Å²) in [6.45, 7) is 1.08. The molecule has 1 aliphatic rings. The second-order valence-corrected chi connectivity index (χ2v) is 4.77. The van der Waals surface area contributed by atoms with Gasteiger partial charge < -0.3 is 11.1 Å². The minimum atomic E-state index is -0.0824. The molecular formula is C15H16N4O. The molecule has 1 aromatic carbocycles. The van der Waals surface area contributed by atoms with Gasteiger partial charge in [-0.15, -0.1) is 0 Å². The quantitative estimate of drug-likeness (QED) is 0.891. The maximum absolute atomic E-state index is 12.1. The molecule has 20 heavy (non-hydrogen) atoms. The Morgan fingerprint density at radius 2 is 2.10 bits per heavy atom. The van der Waals surface area contributed by atoms with Crippen LogP contribution in [0.25, 0.3) is 0 Å². The number of urea groups is 1. The van der Waals surface area contributed by atoms with Crippen LogP contribution in [0.3, 0.4) is 0 Å². The molecule has 2 amide bonds. The van der Waals surface area contributed by atoms with E-state index < -0.39 is 0 Å². The van der Waals surface area contributed by atoms with Crippen LogP contribution in [0.15, 0.2) is 48.8 Å². The van der Waals surface area contributed by atoms with Crippen molar-refractivity contribution in [2.75, 3.05) is 11.4 Å². The van der Waals surface area contributed by atoms with Gasteiger partial charge in [0, 0.05) is 24.6 Å². The fourth-order valence-corrected chi connectivity index (χ4v) is 2.40. The third-order valence-corrected chi connectivity index (χ3v) is 3.47. The fraction of sp³-hybridized carbons (Fsp3) is 0.200. The Hall–Kier alpha value is -2.40. The predicted molar refractivity (Wildman–Crippen MR) is 77.2 cm³/mol. The summed E-state index contributed by atoms with van der Waals surface area (Å²) in [5.41, 5.74) is 8.60. The molecule has 5 nitrogen and oxygen atoms in total. The SMILES string of the molecule is NCc1cccc(N2CC(c3ccncc3)NC2=O)c1. The summed E-state index contributed by atoms with van der Waals surface area (Å²) in [6.07, 6.45) is 3.47. The predicted octanol–water partition coefficient (Wildman–Crippen LogP) is 1.81. The Balaban J connectivity index is 1.83. The van der Waals surface area contributed by atoms with E-state index in [0.29, 0.717) is 13.1 Å². The molecule has 0 radical (unpaired) electrons. The van der Waals surface area contributed by atoms with Crippen molar-refractivity contribution in [3.05, 3.63) is 59.9 Å². The Kier molecular flexibility index (Phi) is 3.35. The van der Waals surface area contributed by atoms with Crippen LogP contribution in [0.1, 0.15) is 17.2 Å². The largest absolute Gasteiger partial charge is 0.329 e. The Morgan fingerprint density at radius 1 is 1.30 bits per heavy atom. The van der Waals surface area contributed by atoms with Crippen LogP contribution in [0.4, 0.5) is 10.5 Å². The van der Waals surface area contributed by atoms with Gasteiger partial charge in [-0.05, 0) is 35.4 Å². The van der Waals surface area contributed by atoms with Crippen molar-refractivity contribution in [3.63, 3.8) is 0 Å². The summed E-state index contributed by atoms with van der Waals surface area (Å²) in [5, 5.41) is 2.98. The maximum atomic E-state index is 12.1. The van der Waals surface area contributed by atoms with Crippen molar-refractivity contribution < 1.29 is 4.79 Å². The lowest BCUT2D eigenvalue weighted by atomic mass is 10.1. The first-order valence-corrected chi connectivity index (χ1v) is 6.55. The molecular weight excluding hydrogens is 252 g/mol. The van der Waals surface area contributed by atoms with Crippen molar-refractivity contribution in [1.29, 1.82) is 0 Å². The summed E-state index contributed by atoms with van der Waals surface area (Å²) < 4.78 is 0. The molecule has 1 fully saturated rings. The highest BCUT2D eigenvalue weighted by Gasteiger charge is 2.30. The summed E-state index contributed by atoms with van der Waals surface area (Å²) in [5.74, 6) is 0. The summed E-state index contributed by atoms with van der Waals surface area (Å²) in [7, 11) is 0. The van der Waals surface area contributed by atoms with E-state index in [1.807, 2.05) is 36.4 Å². The first-order valence-electron chi connectivity index (χ1n) is 6.55. The molecule has 2 aromatic rings. The van der Waals surface area contributed by atoms with E-state index in [1.165, 1.54) is 0 Å². The maximum Gasteiger partial charge on any atom is 0.322 e. The number of rotatable bonds is 3. The Bertz CT molecular complexity index is 614. The molecule has 1 unspecified atom stereocenters. The molecule has 1 saturated heterocycles. The van der Waals surface area contributed by atoms with Crippen LogP contribution in [0.2, 0.25) is 0 Å². The normalized spacial score (nSPS) is 18.1. The molecule has 102 valence electrons. The average molecular weight is 268 g/mol. The van der Waals surface area contributed by atoms with Gasteiger partial charge in [0.15, 0.2) is 0 Å². The fourth-order valence-electron chi connectivity index (χ4n) is 2.40. The van der Waals surface area contributed by atoms with Gasteiger partial charge in [0.05, 0.1) is 12.6 Å². The van der Waals surface area contributed by atoms with Crippen LogP contribution in [-0.4, -0.2) is 17.6 Å². The van der Waals surface area contributed by atoms with Crippen LogP contribution in [0.5, 0.6) is 0 Å². The molecule has 1 aliphatic heterocycles. The molecule has 1 atom stereocenters. The van der Waals surface area contributed by atoms with Gasteiger partial charge in [-0.3, -0.25) is 9.88 Å². The molecule has 3 rings (SSSR count). The van der Waals surface area contributed by atoms with Gasteiger partial charge in [0.2, 0.25) is 0 Å².